The summed E-state index contributed by atoms with van der Waals surface area (Å²) >= 11 is 1.53. The maximum Gasteiger partial charge on any atom is 0.231 e. The fourth-order valence-electron chi connectivity index (χ4n) is 3.57. The van der Waals surface area contributed by atoms with Gasteiger partial charge in [-0.1, -0.05) is 17.7 Å². The Morgan fingerprint density at radius 3 is 2.71 bits per heavy atom. The molecule has 0 radical (unpaired) electrons. The summed E-state index contributed by atoms with van der Waals surface area (Å²) in [6.45, 7) is 6.18. The minimum absolute atomic E-state index is 0.0537. The Kier molecular flexibility index (Phi) is 6.55. The van der Waals surface area contributed by atoms with Crippen molar-refractivity contribution < 1.29 is 4.79 Å². The molecule has 1 fully saturated rings. The van der Waals surface area contributed by atoms with Crippen LogP contribution in [0.5, 0.6) is 0 Å². The van der Waals surface area contributed by atoms with E-state index in [0.29, 0.717) is 5.56 Å². The van der Waals surface area contributed by atoms with Gasteiger partial charge in [0.2, 0.25) is 5.91 Å². The van der Waals surface area contributed by atoms with Gasteiger partial charge in [-0.25, -0.2) is 9.97 Å². The molecule has 31 heavy (non-hydrogen) atoms. The summed E-state index contributed by atoms with van der Waals surface area (Å²) in [5.74, 6) is 0.710. The molecule has 3 aromatic rings. The molecule has 158 valence electrons. The van der Waals surface area contributed by atoms with E-state index >= 15 is 0 Å². The number of aryl methyl sites for hydroxylation is 1. The van der Waals surface area contributed by atoms with E-state index in [1.165, 1.54) is 11.3 Å². The van der Waals surface area contributed by atoms with Crippen LogP contribution in [0, 0.1) is 18.3 Å². The zero-order valence-electron chi connectivity index (χ0n) is 17.4. The molecular weight excluding hydrogens is 408 g/mol. The molecule has 2 aromatic heterocycles. The molecule has 8 heteroatoms. The second kappa shape index (κ2) is 9.69. The standard InChI is InChI=1S/C23H24N6OS/c1-17-4-6-19(7-5-17)26-21(30)13-22-27-20(16-31-22)15-28-9-11-29(12-10-28)23-18(14-24)3-2-8-25-23/h2-8,16H,9-13,15H2,1H3,(H,26,30). The van der Waals surface area contributed by atoms with Gasteiger partial charge in [0.05, 0.1) is 17.7 Å². The number of carbonyl (C=O) groups excluding carboxylic acids is 1. The van der Waals surface area contributed by atoms with Crippen LogP contribution in [0.15, 0.2) is 48.0 Å². The number of nitriles is 1. The summed E-state index contributed by atoms with van der Waals surface area (Å²) in [4.78, 5) is 25.8. The number of anilines is 2. The molecule has 0 aliphatic carbocycles. The lowest BCUT2D eigenvalue weighted by Crippen LogP contribution is -2.46. The smallest absolute Gasteiger partial charge is 0.231 e. The molecule has 7 nitrogen and oxygen atoms in total. The Hall–Kier alpha value is -3.28. The number of nitrogens with zero attached hydrogens (tertiary/aromatic N) is 5. The van der Waals surface area contributed by atoms with Gasteiger partial charge in [-0.2, -0.15) is 5.26 Å². The van der Waals surface area contributed by atoms with E-state index in [0.717, 1.165) is 60.5 Å². The minimum atomic E-state index is -0.0537. The molecule has 0 spiro atoms. The summed E-state index contributed by atoms with van der Waals surface area (Å²) < 4.78 is 0. The Labute approximate surface area is 186 Å². The van der Waals surface area contributed by atoms with Gasteiger partial charge in [0, 0.05) is 50.0 Å². The average molecular weight is 433 g/mol. The number of pyridine rings is 1. The van der Waals surface area contributed by atoms with Crippen molar-refractivity contribution in [2.75, 3.05) is 36.4 Å². The first kappa shape index (κ1) is 21.0. The molecule has 1 N–H and O–H groups in total. The first-order chi connectivity index (χ1) is 15.1. The Bertz CT molecular complexity index is 1080. The SMILES string of the molecule is Cc1ccc(NC(=O)Cc2nc(CN3CCN(c4ncccc4C#N)CC3)cs2)cc1. The van der Waals surface area contributed by atoms with Crippen LogP contribution in [0.1, 0.15) is 21.8 Å². The maximum absolute atomic E-state index is 12.3. The number of nitrogens with one attached hydrogen (secondary N) is 1. The number of amides is 1. The van der Waals surface area contributed by atoms with E-state index in [1.807, 2.05) is 36.6 Å². The molecule has 1 aliphatic heterocycles. The van der Waals surface area contributed by atoms with Crippen LogP contribution in [-0.4, -0.2) is 47.0 Å². The fourth-order valence-corrected chi connectivity index (χ4v) is 4.35. The second-order valence-corrected chi connectivity index (χ2v) is 8.52. The van der Waals surface area contributed by atoms with Gasteiger partial charge < -0.3 is 10.2 Å². The van der Waals surface area contributed by atoms with Crippen LogP contribution in [-0.2, 0) is 17.8 Å². The quantitative estimate of drug-likeness (QED) is 0.644. The third kappa shape index (κ3) is 5.45. The minimum Gasteiger partial charge on any atom is -0.353 e. The van der Waals surface area contributed by atoms with Gasteiger partial charge in [0.15, 0.2) is 0 Å². The van der Waals surface area contributed by atoms with Crippen LogP contribution in [0.4, 0.5) is 11.5 Å². The van der Waals surface area contributed by atoms with Crippen LogP contribution in [0.25, 0.3) is 0 Å². The largest absolute Gasteiger partial charge is 0.353 e. The number of benzene rings is 1. The monoisotopic (exact) mass is 432 g/mol. The van der Waals surface area contributed by atoms with E-state index < -0.39 is 0 Å². The number of carbonyl (C=O) groups is 1. The highest BCUT2D eigenvalue weighted by Crippen LogP contribution is 2.20. The third-order valence-electron chi connectivity index (χ3n) is 5.21. The third-order valence-corrected chi connectivity index (χ3v) is 6.11. The van der Waals surface area contributed by atoms with Crippen molar-refractivity contribution in [1.82, 2.24) is 14.9 Å². The summed E-state index contributed by atoms with van der Waals surface area (Å²) in [6, 6.07) is 13.6. The average Bonchev–Trinajstić information content (AvgIpc) is 3.22. The predicted molar refractivity (Wildman–Crippen MR) is 122 cm³/mol. The molecule has 0 atom stereocenters. The van der Waals surface area contributed by atoms with E-state index in [1.54, 1.807) is 18.3 Å². The van der Waals surface area contributed by atoms with Crippen molar-refractivity contribution in [3.63, 3.8) is 0 Å². The summed E-state index contributed by atoms with van der Waals surface area (Å²) in [7, 11) is 0. The topological polar surface area (TPSA) is 85.2 Å². The molecule has 4 rings (SSSR count). The van der Waals surface area contributed by atoms with E-state index in [-0.39, 0.29) is 12.3 Å². The molecule has 1 aliphatic rings. The number of hydrogen-bond acceptors (Lipinski definition) is 7. The molecule has 1 amide bonds. The zero-order valence-corrected chi connectivity index (χ0v) is 18.2. The molecular formula is C23H24N6OS. The van der Waals surface area contributed by atoms with Gasteiger partial charge in [-0.05, 0) is 31.2 Å². The van der Waals surface area contributed by atoms with E-state index in [2.05, 4.69) is 31.2 Å². The van der Waals surface area contributed by atoms with Gasteiger partial charge in [-0.3, -0.25) is 9.69 Å². The number of aromatic nitrogens is 2. The highest BCUT2D eigenvalue weighted by Gasteiger charge is 2.21. The molecule has 0 unspecified atom stereocenters. The first-order valence-electron chi connectivity index (χ1n) is 10.2. The lowest BCUT2D eigenvalue weighted by Gasteiger charge is -2.35. The van der Waals surface area contributed by atoms with Crippen molar-refractivity contribution >= 4 is 28.7 Å². The van der Waals surface area contributed by atoms with Gasteiger partial charge >= 0.3 is 0 Å². The Morgan fingerprint density at radius 1 is 1.19 bits per heavy atom. The molecule has 1 saturated heterocycles. The normalized spacial score (nSPS) is 14.3. The summed E-state index contributed by atoms with van der Waals surface area (Å²) in [6.07, 6.45) is 2.01. The lowest BCUT2D eigenvalue weighted by atomic mass is 10.2. The highest BCUT2D eigenvalue weighted by molar-refractivity contribution is 7.09. The van der Waals surface area contributed by atoms with Crippen molar-refractivity contribution in [3.8, 4) is 6.07 Å². The van der Waals surface area contributed by atoms with E-state index in [4.69, 9.17) is 0 Å². The Morgan fingerprint density at radius 2 is 1.97 bits per heavy atom. The van der Waals surface area contributed by atoms with Crippen LogP contribution in [0.2, 0.25) is 0 Å². The molecule has 0 bridgehead atoms. The van der Waals surface area contributed by atoms with Crippen LogP contribution in [0.3, 0.4) is 0 Å². The van der Waals surface area contributed by atoms with Gasteiger partial charge in [-0.15, -0.1) is 11.3 Å². The predicted octanol–water partition coefficient (Wildman–Crippen LogP) is 3.22. The van der Waals surface area contributed by atoms with Crippen molar-refractivity contribution in [2.24, 2.45) is 0 Å². The number of thiazole rings is 1. The van der Waals surface area contributed by atoms with Crippen LogP contribution < -0.4 is 10.2 Å². The van der Waals surface area contributed by atoms with Gasteiger partial charge in [0.1, 0.15) is 16.9 Å². The zero-order chi connectivity index (χ0) is 21.6. The summed E-state index contributed by atoms with van der Waals surface area (Å²) in [5, 5.41) is 15.1. The molecule has 1 aromatic carbocycles. The number of hydrogen-bond donors (Lipinski definition) is 1. The first-order valence-corrected chi connectivity index (χ1v) is 11.1. The second-order valence-electron chi connectivity index (χ2n) is 7.57. The van der Waals surface area contributed by atoms with Crippen molar-refractivity contribution in [2.45, 2.75) is 19.9 Å². The molecule has 0 saturated carbocycles. The van der Waals surface area contributed by atoms with Gasteiger partial charge in [0.25, 0.3) is 0 Å². The molecule has 3 heterocycles. The van der Waals surface area contributed by atoms with Crippen molar-refractivity contribution in [1.29, 1.82) is 5.26 Å². The van der Waals surface area contributed by atoms with Crippen LogP contribution >= 0.6 is 11.3 Å². The Balaban J connectivity index is 1.27. The van der Waals surface area contributed by atoms with Crippen molar-refractivity contribution in [3.05, 3.63) is 69.8 Å². The number of piperazine rings is 1. The fraction of sp³-hybridized carbons (Fsp3) is 0.304. The maximum atomic E-state index is 12.3. The summed E-state index contributed by atoms with van der Waals surface area (Å²) in [5.41, 5.74) is 3.57. The number of rotatable bonds is 6. The highest BCUT2D eigenvalue weighted by atomic mass is 32.1. The lowest BCUT2D eigenvalue weighted by molar-refractivity contribution is -0.115. The van der Waals surface area contributed by atoms with E-state index in [9.17, 15) is 10.1 Å².